The summed E-state index contributed by atoms with van der Waals surface area (Å²) in [5.74, 6) is 0. The third-order valence-corrected chi connectivity index (χ3v) is 10.7. The first kappa shape index (κ1) is 26.2. The molecule has 1 saturated heterocycles. The average Bonchev–Trinajstić information content (AvgIpc) is 2.94. The summed E-state index contributed by atoms with van der Waals surface area (Å²) in [6.07, 6.45) is 1.53. The van der Waals surface area contributed by atoms with Crippen LogP contribution >= 0.6 is 23.2 Å². The number of rotatable bonds is 5. The number of aliphatic imine (C=N–C) groups is 1. The van der Waals surface area contributed by atoms with Crippen LogP contribution in [0.2, 0.25) is 18.1 Å². The van der Waals surface area contributed by atoms with Crippen molar-refractivity contribution in [1.82, 2.24) is 4.90 Å². The van der Waals surface area contributed by atoms with E-state index in [1.165, 1.54) is 6.21 Å². The fraction of sp³-hybridized carbons (Fsp3) is 0.714. The maximum atomic E-state index is 12.9. The summed E-state index contributed by atoms with van der Waals surface area (Å²) in [4.78, 5) is 18.4. The first-order valence-electron chi connectivity index (χ1n) is 9.84. The molecule has 1 fully saturated rings. The molecular formula is C21H36Cl2N2O3Si. The molecule has 0 bridgehead atoms. The Morgan fingerprint density at radius 3 is 2.21 bits per heavy atom. The standard InChI is InChI=1S/C21H36Cl2N2O3Si/c1-14(18(23)16(22)12-24-8)17-11-15(28-29(9,10)21(5,6)7)13-25(17)19(26)27-20(2,3)4/h12,15,17H,1,11,13H2,2-10H3/b18-16-,24-12-/t15?,17-/m0/s1. The van der Waals surface area contributed by atoms with E-state index in [0.717, 1.165) is 0 Å². The van der Waals surface area contributed by atoms with Crippen LogP contribution in [0.3, 0.4) is 0 Å². The van der Waals surface area contributed by atoms with Crippen molar-refractivity contribution in [2.24, 2.45) is 4.99 Å². The molecule has 166 valence electrons. The van der Waals surface area contributed by atoms with Crippen LogP contribution in [0.15, 0.2) is 27.2 Å². The summed E-state index contributed by atoms with van der Waals surface area (Å²) >= 11 is 12.7. The molecule has 0 spiro atoms. The molecule has 0 aliphatic carbocycles. The molecule has 1 aliphatic rings. The van der Waals surface area contributed by atoms with Gasteiger partial charge < -0.3 is 9.16 Å². The molecule has 8 heteroatoms. The van der Waals surface area contributed by atoms with E-state index in [1.54, 1.807) is 11.9 Å². The maximum absolute atomic E-state index is 12.9. The minimum atomic E-state index is -2.01. The SMILES string of the molecule is C=C(/C(Cl)=C(Cl)\C=N/C)[C@@H]1CC(O[Si](C)(C)C(C)(C)C)CN1C(=O)OC(C)(C)C. The number of hydrogen-bond donors (Lipinski definition) is 0. The average molecular weight is 464 g/mol. The van der Waals surface area contributed by atoms with Gasteiger partial charge in [0.2, 0.25) is 0 Å². The summed E-state index contributed by atoms with van der Waals surface area (Å²) in [7, 11) is -0.396. The second-order valence-electron chi connectivity index (χ2n) is 9.96. The lowest BCUT2D eigenvalue weighted by molar-refractivity contribution is 0.0233. The number of carbonyl (C=O) groups excluding carboxylic acids is 1. The van der Waals surface area contributed by atoms with Gasteiger partial charge in [0.25, 0.3) is 0 Å². The number of allylic oxidation sites excluding steroid dienone is 1. The third kappa shape index (κ3) is 7.12. The van der Waals surface area contributed by atoms with E-state index in [2.05, 4.69) is 45.4 Å². The number of likely N-dealkylation sites (tertiary alicyclic amines) is 1. The van der Waals surface area contributed by atoms with Crippen molar-refractivity contribution in [1.29, 1.82) is 0 Å². The fourth-order valence-corrected chi connectivity index (χ4v) is 4.55. The molecule has 1 heterocycles. The minimum absolute atomic E-state index is 0.0668. The van der Waals surface area contributed by atoms with Crippen LogP contribution in [0, 0.1) is 0 Å². The third-order valence-electron chi connectivity index (χ3n) is 5.29. The molecule has 0 N–H and O–H groups in total. The molecule has 5 nitrogen and oxygen atoms in total. The lowest BCUT2D eigenvalue weighted by Crippen LogP contribution is -2.45. The quantitative estimate of drug-likeness (QED) is 0.272. The van der Waals surface area contributed by atoms with Gasteiger partial charge in [-0.2, -0.15) is 0 Å². The minimum Gasteiger partial charge on any atom is -0.444 e. The summed E-state index contributed by atoms with van der Waals surface area (Å²) < 4.78 is 12.2. The van der Waals surface area contributed by atoms with E-state index in [-0.39, 0.29) is 22.2 Å². The van der Waals surface area contributed by atoms with Gasteiger partial charge in [0, 0.05) is 19.8 Å². The molecule has 0 aromatic carbocycles. The first-order valence-corrected chi connectivity index (χ1v) is 13.5. The Kier molecular flexibility index (Phi) is 8.62. The zero-order chi connectivity index (χ0) is 22.8. The number of hydrogen-bond acceptors (Lipinski definition) is 4. The molecular weight excluding hydrogens is 427 g/mol. The first-order chi connectivity index (χ1) is 13.0. The molecule has 0 saturated carbocycles. The highest BCUT2D eigenvalue weighted by molar-refractivity contribution is 6.74. The van der Waals surface area contributed by atoms with Crippen LogP contribution in [-0.4, -0.2) is 56.9 Å². The van der Waals surface area contributed by atoms with Gasteiger partial charge in [-0.25, -0.2) is 4.79 Å². The Morgan fingerprint density at radius 2 is 1.76 bits per heavy atom. The van der Waals surface area contributed by atoms with E-state index in [4.69, 9.17) is 32.4 Å². The summed E-state index contributed by atoms with van der Waals surface area (Å²) in [5.41, 5.74) is -0.0446. The second kappa shape index (κ2) is 9.54. The van der Waals surface area contributed by atoms with E-state index in [0.29, 0.717) is 23.6 Å². The lowest BCUT2D eigenvalue weighted by Gasteiger charge is -2.38. The van der Waals surface area contributed by atoms with Crippen molar-refractivity contribution in [3.63, 3.8) is 0 Å². The molecule has 0 radical (unpaired) electrons. The van der Waals surface area contributed by atoms with Crippen molar-refractivity contribution in [3.8, 4) is 0 Å². The van der Waals surface area contributed by atoms with E-state index < -0.39 is 20.0 Å². The number of carbonyl (C=O) groups is 1. The zero-order valence-corrected chi connectivity index (χ0v) is 21.7. The van der Waals surface area contributed by atoms with Gasteiger partial charge in [0.05, 0.1) is 22.2 Å². The Morgan fingerprint density at radius 1 is 1.21 bits per heavy atom. The van der Waals surface area contributed by atoms with Crippen LogP contribution in [0.4, 0.5) is 4.79 Å². The Balaban J connectivity index is 3.19. The van der Waals surface area contributed by atoms with Crippen molar-refractivity contribution in [2.45, 2.75) is 83.8 Å². The van der Waals surface area contributed by atoms with E-state index in [1.807, 2.05) is 20.8 Å². The van der Waals surface area contributed by atoms with Gasteiger partial charge in [-0.05, 0) is 50.9 Å². The number of ether oxygens (including phenoxy) is 1. The largest absolute Gasteiger partial charge is 0.444 e. The Bertz CT molecular complexity index is 691. The van der Waals surface area contributed by atoms with Crippen LogP contribution in [0.25, 0.3) is 0 Å². The van der Waals surface area contributed by atoms with Crippen LogP contribution in [0.1, 0.15) is 48.0 Å². The summed E-state index contributed by atoms with van der Waals surface area (Å²) in [6.45, 7) is 21.1. The topological polar surface area (TPSA) is 51.1 Å². The lowest BCUT2D eigenvalue weighted by atomic mass is 10.1. The predicted molar refractivity (Wildman–Crippen MR) is 126 cm³/mol. The monoisotopic (exact) mass is 462 g/mol. The summed E-state index contributed by atoms with van der Waals surface area (Å²) in [5, 5.41) is 0.651. The van der Waals surface area contributed by atoms with Crippen molar-refractivity contribution in [2.75, 3.05) is 13.6 Å². The smallest absolute Gasteiger partial charge is 0.410 e. The molecule has 1 unspecified atom stereocenters. The van der Waals surface area contributed by atoms with Gasteiger partial charge in [-0.3, -0.25) is 9.89 Å². The number of halogens is 2. The highest BCUT2D eigenvalue weighted by atomic mass is 35.5. The Hall–Kier alpha value is -0.823. The normalized spacial score (nSPS) is 22.1. The van der Waals surface area contributed by atoms with E-state index in [9.17, 15) is 4.79 Å². The highest BCUT2D eigenvalue weighted by Crippen LogP contribution is 2.40. The molecule has 29 heavy (non-hydrogen) atoms. The van der Waals surface area contributed by atoms with Crippen molar-refractivity contribution in [3.05, 3.63) is 22.2 Å². The maximum Gasteiger partial charge on any atom is 0.410 e. The van der Waals surface area contributed by atoms with Crippen LogP contribution < -0.4 is 0 Å². The second-order valence-corrected chi connectivity index (χ2v) is 15.5. The van der Waals surface area contributed by atoms with Crippen LogP contribution in [0.5, 0.6) is 0 Å². The van der Waals surface area contributed by atoms with Crippen molar-refractivity contribution < 1.29 is 14.0 Å². The molecule has 1 amide bonds. The molecule has 0 aromatic heterocycles. The number of amides is 1. The van der Waals surface area contributed by atoms with Gasteiger partial charge >= 0.3 is 6.09 Å². The molecule has 1 rings (SSSR count). The van der Waals surface area contributed by atoms with Gasteiger partial charge in [0.1, 0.15) is 5.60 Å². The zero-order valence-electron chi connectivity index (χ0n) is 19.2. The van der Waals surface area contributed by atoms with E-state index >= 15 is 0 Å². The molecule has 2 atom stereocenters. The van der Waals surface area contributed by atoms with Crippen molar-refractivity contribution >= 4 is 43.8 Å². The van der Waals surface area contributed by atoms with Gasteiger partial charge in [-0.1, -0.05) is 50.6 Å². The predicted octanol–water partition coefficient (Wildman–Crippen LogP) is 6.33. The number of nitrogens with zero attached hydrogens (tertiary/aromatic N) is 2. The molecule has 0 aromatic rings. The molecule has 1 aliphatic heterocycles. The van der Waals surface area contributed by atoms with Crippen LogP contribution in [-0.2, 0) is 9.16 Å². The fourth-order valence-electron chi connectivity index (χ4n) is 2.80. The highest BCUT2D eigenvalue weighted by Gasteiger charge is 2.45. The van der Waals surface area contributed by atoms with Gasteiger partial charge in [-0.15, -0.1) is 0 Å². The Labute approximate surface area is 187 Å². The summed E-state index contributed by atoms with van der Waals surface area (Å²) in [6, 6.07) is -0.355. The van der Waals surface area contributed by atoms with Gasteiger partial charge in [0.15, 0.2) is 8.32 Å².